The summed E-state index contributed by atoms with van der Waals surface area (Å²) in [4.78, 5) is 0. The molecule has 0 aromatic carbocycles. The molecule has 2 saturated heterocycles. The fourth-order valence-electron chi connectivity index (χ4n) is 2.27. The van der Waals surface area contributed by atoms with Crippen LogP contribution in [0.3, 0.4) is 0 Å². The number of aliphatic hydroxyl groups is 2. The van der Waals surface area contributed by atoms with Gasteiger partial charge in [-0.05, 0) is 0 Å². The van der Waals surface area contributed by atoms with Crippen LogP contribution < -0.4 is 5.32 Å². The number of sulfone groups is 1. The summed E-state index contributed by atoms with van der Waals surface area (Å²) < 4.78 is 27.8. The molecule has 17 heavy (non-hydrogen) atoms. The van der Waals surface area contributed by atoms with Crippen molar-refractivity contribution in [3.63, 3.8) is 0 Å². The maximum Gasteiger partial charge on any atom is 0.154 e. The van der Waals surface area contributed by atoms with Crippen LogP contribution in [0.4, 0.5) is 0 Å². The van der Waals surface area contributed by atoms with Gasteiger partial charge in [-0.3, -0.25) is 0 Å². The molecule has 0 saturated carbocycles. The summed E-state index contributed by atoms with van der Waals surface area (Å²) >= 11 is 0. The largest absolute Gasteiger partial charge is 0.390 e. The van der Waals surface area contributed by atoms with Crippen LogP contribution in [-0.4, -0.2) is 67.6 Å². The Kier molecular flexibility index (Phi) is 3.74. The van der Waals surface area contributed by atoms with Gasteiger partial charge >= 0.3 is 0 Å². The van der Waals surface area contributed by atoms with E-state index in [-0.39, 0.29) is 11.5 Å². The summed E-state index contributed by atoms with van der Waals surface area (Å²) in [6, 6.07) is -0.466. The molecule has 0 aromatic heterocycles. The monoisotopic (exact) mass is 265 g/mol. The molecule has 2 fully saturated rings. The first-order chi connectivity index (χ1) is 7.90. The van der Waals surface area contributed by atoms with Crippen molar-refractivity contribution in [1.29, 1.82) is 0 Å². The van der Waals surface area contributed by atoms with E-state index in [0.717, 1.165) is 0 Å². The fourth-order valence-corrected chi connectivity index (χ4v) is 4.05. The third-order valence-corrected chi connectivity index (χ3v) is 5.16. The van der Waals surface area contributed by atoms with Gasteiger partial charge in [0, 0.05) is 38.6 Å². The van der Waals surface area contributed by atoms with Crippen molar-refractivity contribution in [3.05, 3.63) is 0 Å². The molecule has 2 atom stereocenters. The van der Waals surface area contributed by atoms with Gasteiger partial charge in [-0.1, -0.05) is 0 Å². The van der Waals surface area contributed by atoms with Crippen molar-refractivity contribution in [3.8, 4) is 0 Å². The Bertz CT molecular complexity index is 363. The van der Waals surface area contributed by atoms with E-state index in [4.69, 9.17) is 4.74 Å². The van der Waals surface area contributed by atoms with Gasteiger partial charge in [0.2, 0.25) is 0 Å². The van der Waals surface area contributed by atoms with Gasteiger partial charge < -0.3 is 20.3 Å². The number of rotatable bonds is 3. The molecule has 2 aliphatic rings. The lowest BCUT2D eigenvalue weighted by atomic mass is 9.94. The van der Waals surface area contributed by atoms with E-state index < -0.39 is 27.6 Å². The van der Waals surface area contributed by atoms with Crippen molar-refractivity contribution < 1.29 is 23.4 Å². The summed E-state index contributed by atoms with van der Waals surface area (Å²) in [5, 5.41) is 22.7. The Hall–Kier alpha value is -0.210. The Balaban J connectivity index is 1.86. The van der Waals surface area contributed by atoms with E-state index in [1.165, 1.54) is 0 Å². The molecule has 0 radical (unpaired) electrons. The highest BCUT2D eigenvalue weighted by Gasteiger charge is 2.38. The van der Waals surface area contributed by atoms with Crippen LogP contribution in [0.5, 0.6) is 0 Å². The second-order valence-corrected chi connectivity index (χ2v) is 7.12. The molecule has 0 aliphatic carbocycles. The summed E-state index contributed by atoms with van der Waals surface area (Å²) in [6.07, 6.45) is 0.203. The quantitative estimate of drug-likeness (QED) is 0.561. The van der Waals surface area contributed by atoms with E-state index in [1.54, 1.807) is 0 Å². The van der Waals surface area contributed by atoms with E-state index in [2.05, 4.69) is 5.32 Å². The van der Waals surface area contributed by atoms with E-state index in [0.29, 0.717) is 32.6 Å². The fraction of sp³-hybridized carbons (Fsp3) is 1.00. The van der Waals surface area contributed by atoms with Crippen LogP contribution in [0.25, 0.3) is 0 Å². The van der Waals surface area contributed by atoms with Gasteiger partial charge in [-0.2, -0.15) is 0 Å². The van der Waals surface area contributed by atoms with Crippen LogP contribution in [0, 0.1) is 0 Å². The lowest BCUT2D eigenvalue weighted by Crippen LogP contribution is -2.50. The maximum atomic E-state index is 11.3. The average Bonchev–Trinajstić information content (AvgIpc) is 2.50. The van der Waals surface area contributed by atoms with Gasteiger partial charge in [0.05, 0.1) is 23.2 Å². The summed E-state index contributed by atoms with van der Waals surface area (Å²) in [5.74, 6) is -0.243. The molecule has 7 heteroatoms. The molecular formula is C10H19NO5S. The molecule has 100 valence electrons. The molecule has 0 aromatic rings. The molecule has 6 nitrogen and oxygen atoms in total. The molecule has 2 rings (SSSR count). The van der Waals surface area contributed by atoms with Crippen molar-refractivity contribution in [2.24, 2.45) is 0 Å². The van der Waals surface area contributed by atoms with Crippen LogP contribution in [0.1, 0.15) is 12.8 Å². The second-order valence-electron chi connectivity index (χ2n) is 4.97. The number of hydrogen-bond acceptors (Lipinski definition) is 6. The minimum atomic E-state index is -3.14. The first kappa shape index (κ1) is 13.2. The Morgan fingerprint density at radius 1 is 1.29 bits per heavy atom. The van der Waals surface area contributed by atoms with Gasteiger partial charge in [0.15, 0.2) is 9.84 Å². The lowest BCUT2D eigenvalue weighted by molar-refractivity contribution is -0.0637. The normalized spacial score (nSPS) is 35.9. The molecule has 3 N–H and O–H groups in total. The van der Waals surface area contributed by atoms with Crippen molar-refractivity contribution in [2.45, 2.75) is 30.6 Å². The minimum absolute atomic E-state index is 0.0548. The van der Waals surface area contributed by atoms with Crippen molar-refractivity contribution in [1.82, 2.24) is 5.32 Å². The van der Waals surface area contributed by atoms with E-state index in [1.807, 2.05) is 0 Å². The zero-order valence-electron chi connectivity index (χ0n) is 9.63. The molecule has 2 aliphatic heterocycles. The van der Waals surface area contributed by atoms with Gasteiger partial charge in [0.25, 0.3) is 0 Å². The van der Waals surface area contributed by atoms with Gasteiger partial charge in [0.1, 0.15) is 0 Å². The van der Waals surface area contributed by atoms with Crippen LogP contribution in [-0.2, 0) is 14.6 Å². The maximum absolute atomic E-state index is 11.3. The molecule has 2 unspecified atom stereocenters. The topological polar surface area (TPSA) is 95.9 Å². The molecule has 2 heterocycles. The Labute approximate surface area is 101 Å². The van der Waals surface area contributed by atoms with Crippen LogP contribution in [0.2, 0.25) is 0 Å². The summed E-state index contributed by atoms with van der Waals surface area (Å²) in [7, 11) is -3.14. The second kappa shape index (κ2) is 4.81. The third kappa shape index (κ3) is 3.38. The standard InChI is InChI=1S/C10H19NO5S/c12-9-6-17(14,15)5-8(9)11-7-10(13)1-3-16-4-2-10/h8-9,11-13H,1-7H2. The number of nitrogens with one attached hydrogen (secondary N) is 1. The first-order valence-electron chi connectivity index (χ1n) is 5.82. The smallest absolute Gasteiger partial charge is 0.154 e. The summed E-state index contributed by atoms with van der Waals surface area (Å²) in [6.45, 7) is 1.33. The van der Waals surface area contributed by atoms with Crippen molar-refractivity contribution >= 4 is 9.84 Å². The predicted octanol–water partition coefficient (Wildman–Crippen LogP) is -1.72. The molecule has 0 amide bonds. The number of aliphatic hydroxyl groups excluding tert-OH is 1. The number of ether oxygens (including phenoxy) is 1. The third-order valence-electron chi connectivity index (χ3n) is 3.44. The number of hydrogen-bond donors (Lipinski definition) is 3. The van der Waals surface area contributed by atoms with Crippen LogP contribution >= 0.6 is 0 Å². The summed E-state index contributed by atoms with van der Waals surface area (Å²) in [5.41, 5.74) is -0.843. The molecule has 0 bridgehead atoms. The highest BCUT2D eigenvalue weighted by atomic mass is 32.2. The first-order valence-corrected chi connectivity index (χ1v) is 7.64. The lowest BCUT2D eigenvalue weighted by Gasteiger charge is -2.33. The average molecular weight is 265 g/mol. The molecular weight excluding hydrogens is 246 g/mol. The minimum Gasteiger partial charge on any atom is -0.390 e. The SMILES string of the molecule is O=S1(=O)CC(O)C(NCC2(O)CCOCC2)C1. The van der Waals surface area contributed by atoms with Crippen LogP contribution in [0.15, 0.2) is 0 Å². The van der Waals surface area contributed by atoms with E-state index in [9.17, 15) is 18.6 Å². The zero-order chi connectivity index (χ0) is 12.5. The Morgan fingerprint density at radius 2 is 1.94 bits per heavy atom. The van der Waals surface area contributed by atoms with Gasteiger partial charge in [-0.25, -0.2) is 8.42 Å². The molecule has 0 spiro atoms. The van der Waals surface area contributed by atoms with Crippen molar-refractivity contribution in [2.75, 3.05) is 31.3 Å². The highest BCUT2D eigenvalue weighted by Crippen LogP contribution is 2.20. The zero-order valence-corrected chi connectivity index (χ0v) is 10.4. The van der Waals surface area contributed by atoms with E-state index >= 15 is 0 Å². The van der Waals surface area contributed by atoms with Gasteiger partial charge in [-0.15, -0.1) is 0 Å². The highest BCUT2D eigenvalue weighted by molar-refractivity contribution is 7.91. The predicted molar refractivity (Wildman–Crippen MR) is 61.5 cm³/mol. The Morgan fingerprint density at radius 3 is 2.47 bits per heavy atom.